The average molecular weight is 536 g/mol. The van der Waals surface area contributed by atoms with E-state index in [0.29, 0.717) is 55.7 Å². The van der Waals surface area contributed by atoms with E-state index < -0.39 is 6.10 Å². The van der Waals surface area contributed by atoms with Gasteiger partial charge in [0.15, 0.2) is 11.5 Å². The number of amides is 2. The summed E-state index contributed by atoms with van der Waals surface area (Å²) in [6, 6.07) is 5.34. The second-order valence-corrected chi connectivity index (χ2v) is 10.9. The molecule has 1 aromatic carbocycles. The van der Waals surface area contributed by atoms with Gasteiger partial charge in [-0.1, -0.05) is 13.8 Å². The Morgan fingerprint density at radius 1 is 1.00 bits per heavy atom. The van der Waals surface area contributed by atoms with Crippen LogP contribution >= 0.6 is 0 Å². The van der Waals surface area contributed by atoms with Crippen LogP contribution < -0.4 is 14.8 Å². The number of nitrogens with one attached hydrogen (secondary N) is 1. The lowest BCUT2D eigenvalue weighted by atomic mass is 9.93. The van der Waals surface area contributed by atoms with Gasteiger partial charge in [0.25, 0.3) is 11.8 Å². The molecule has 0 aromatic heterocycles. The number of ether oxygens (including phenoxy) is 4. The summed E-state index contributed by atoms with van der Waals surface area (Å²) in [5.74, 6) is 1.95. The monoisotopic (exact) mass is 535 g/mol. The minimum Gasteiger partial charge on any atom is -0.493 e. The SMILES string of the molecule is COCCCOc1cc(C(=O)N(C[C@@H]2CNC[C@H]2CN(C)C(=O)[C@H](CC(C)C)OC)C(C)C)ccc1OC. The second kappa shape index (κ2) is 15.9. The average Bonchev–Trinajstić information content (AvgIpc) is 3.33. The fourth-order valence-corrected chi connectivity index (χ4v) is 4.88. The highest BCUT2D eigenvalue weighted by Crippen LogP contribution is 2.30. The molecule has 1 N–H and O–H groups in total. The van der Waals surface area contributed by atoms with E-state index in [4.69, 9.17) is 18.9 Å². The molecule has 1 fully saturated rings. The molecule has 9 nitrogen and oxygen atoms in total. The number of carbonyl (C=O) groups excluding carboxylic acids is 2. The van der Waals surface area contributed by atoms with Crippen molar-refractivity contribution in [3.63, 3.8) is 0 Å². The molecule has 0 spiro atoms. The zero-order valence-electron chi connectivity index (χ0n) is 24.6. The van der Waals surface area contributed by atoms with Crippen LogP contribution in [0.4, 0.5) is 0 Å². The number of benzene rings is 1. The van der Waals surface area contributed by atoms with Crippen LogP contribution in [0, 0.1) is 17.8 Å². The minimum absolute atomic E-state index is 0.0138. The van der Waals surface area contributed by atoms with E-state index >= 15 is 0 Å². The van der Waals surface area contributed by atoms with Gasteiger partial charge < -0.3 is 34.1 Å². The van der Waals surface area contributed by atoms with Crippen molar-refractivity contribution in [1.29, 1.82) is 0 Å². The van der Waals surface area contributed by atoms with Crippen molar-refractivity contribution < 1.29 is 28.5 Å². The largest absolute Gasteiger partial charge is 0.493 e. The molecule has 3 atom stereocenters. The Labute approximate surface area is 229 Å². The lowest BCUT2D eigenvalue weighted by Gasteiger charge is -2.33. The van der Waals surface area contributed by atoms with Crippen molar-refractivity contribution in [2.45, 2.75) is 52.7 Å². The van der Waals surface area contributed by atoms with E-state index in [-0.39, 0.29) is 29.7 Å². The maximum Gasteiger partial charge on any atom is 0.254 e. The number of hydrogen-bond acceptors (Lipinski definition) is 7. The normalized spacial score (nSPS) is 18.1. The zero-order valence-corrected chi connectivity index (χ0v) is 24.6. The third kappa shape index (κ3) is 9.13. The molecule has 1 aromatic rings. The molecule has 2 amide bonds. The summed E-state index contributed by atoms with van der Waals surface area (Å²) in [5.41, 5.74) is 0.563. The first-order valence-corrected chi connectivity index (χ1v) is 13.7. The van der Waals surface area contributed by atoms with Gasteiger partial charge in [-0.3, -0.25) is 9.59 Å². The molecule has 38 heavy (non-hydrogen) atoms. The van der Waals surface area contributed by atoms with Crippen molar-refractivity contribution in [3.8, 4) is 11.5 Å². The number of likely N-dealkylation sites (N-methyl/N-ethyl adjacent to an activating group) is 1. The number of hydrogen-bond donors (Lipinski definition) is 1. The summed E-state index contributed by atoms with van der Waals surface area (Å²) in [7, 11) is 6.69. The van der Waals surface area contributed by atoms with Gasteiger partial charge in [0.05, 0.1) is 13.7 Å². The molecule has 1 saturated heterocycles. The Balaban J connectivity index is 2.11. The number of carbonyl (C=O) groups is 2. The molecule has 1 aliphatic heterocycles. The Bertz CT molecular complexity index is 878. The number of methoxy groups -OCH3 is 3. The van der Waals surface area contributed by atoms with Crippen molar-refractivity contribution in [3.05, 3.63) is 23.8 Å². The first-order chi connectivity index (χ1) is 18.1. The fourth-order valence-electron chi connectivity index (χ4n) is 4.88. The predicted molar refractivity (Wildman–Crippen MR) is 149 cm³/mol. The van der Waals surface area contributed by atoms with Gasteiger partial charge in [-0.25, -0.2) is 0 Å². The van der Waals surface area contributed by atoms with Crippen LogP contribution in [0.3, 0.4) is 0 Å². The molecule has 1 heterocycles. The summed E-state index contributed by atoms with van der Waals surface area (Å²) in [5, 5.41) is 3.47. The Kier molecular flexibility index (Phi) is 13.3. The number of nitrogens with zero attached hydrogens (tertiary/aromatic N) is 2. The zero-order chi connectivity index (χ0) is 28.2. The molecule has 0 saturated carbocycles. The van der Waals surface area contributed by atoms with Crippen LogP contribution in [-0.2, 0) is 14.3 Å². The standard InChI is InChI=1S/C29H49N3O6/c1-20(2)14-27(37-8)29(34)31(5)18-23-16-30-17-24(23)19-32(21(3)4)28(33)22-10-11-25(36-7)26(15-22)38-13-9-12-35-6/h10-11,15,20-21,23-24,27,30H,9,12-14,16-19H2,1-8H3/t23-,24-,27-/m0/s1. The second-order valence-electron chi connectivity index (χ2n) is 10.9. The van der Waals surface area contributed by atoms with Crippen LogP contribution in [0.1, 0.15) is 50.9 Å². The van der Waals surface area contributed by atoms with Crippen LogP contribution in [-0.4, -0.2) is 102 Å². The first-order valence-electron chi connectivity index (χ1n) is 13.7. The lowest BCUT2D eigenvalue weighted by molar-refractivity contribution is -0.142. The van der Waals surface area contributed by atoms with Crippen LogP contribution in [0.25, 0.3) is 0 Å². The molecular formula is C29H49N3O6. The summed E-state index contributed by atoms with van der Waals surface area (Å²) in [6.45, 7) is 12.2. The van der Waals surface area contributed by atoms with E-state index in [1.54, 1.807) is 44.4 Å². The molecular weight excluding hydrogens is 486 g/mol. The molecule has 0 radical (unpaired) electrons. The smallest absolute Gasteiger partial charge is 0.254 e. The van der Waals surface area contributed by atoms with Gasteiger partial charge in [0, 0.05) is 72.1 Å². The highest BCUT2D eigenvalue weighted by Gasteiger charge is 2.34. The molecule has 0 unspecified atom stereocenters. The Morgan fingerprint density at radius 2 is 1.68 bits per heavy atom. The maximum atomic E-state index is 13.7. The van der Waals surface area contributed by atoms with E-state index in [0.717, 1.165) is 19.5 Å². The Morgan fingerprint density at radius 3 is 2.26 bits per heavy atom. The predicted octanol–water partition coefficient (Wildman–Crippen LogP) is 3.32. The van der Waals surface area contributed by atoms with E-state index in [1.165, 1.54) is 0 Å². The lowest BCUT2D eigenvalue weighted by Crippen LogP contribution is -2.45. The molecule has 0 bridgehead atoms. The van der Waals surface area contributed by atoms with Gasteiger partial charge in [-0.2, -0.15) is 0 Å². The van der Waals surface area contributed by atoms with Crippen molar-refractivity contribution in [2.24, 2.45) is 17.8 Å². The van der Waals surface area contributed by atoms with E-state index in [2.05, 4.69) is 19.2 Å². The first kappa shape index (κ1) is 31.9. The minimum atomic E-state index is -0.428. The molecule has 216 valence electrons. The van der Waals surface area contributed by atoms with Gasteiger partial charge >= 0.3 is 0 Å². The molecule has 0 aliphatic carbocycles. The van der Waals surface area contributed by atoms with E-state index in [9.17, 15) is 9.59 Å². The van der Waals surface area contributed by atoms with Gasteiger partial charge in [-0.05, 0) is 56.2 Å². The molecule has 1 aliphatic rings. The van der Waals surface area contributed by atoms with Crippen molar-refractivity contribution >= 4 is 11.8 Å². The molecule has 9 heteroatoms. The van der Waals surface area contributed by atoms with E-state index in [1.807, 2.05) is 25.8 Å². The third-order valence-corrected chi connectivity index (χ3v) is 7.09. The van der Waals surface area contributed by atoms with Crippen molar-refractivity contribution in [1.82, 2.24) is 15.1 Å². The van der Waals surface area contributed by atoms with Crippen LogP contribution in [0.5, 0.6) is 11.5 Å². The summed E-state index contributed by atoms with van der Waals surface area (Å²) in [6.07, 6.45) is 1.01. The highest BCUT2D eigenvalue weighted by molar-refractivity contribution is 5.95. The van der Waals surface area contributed by atoms with Gasteiger partial charge in [0.1, 0.15) is 6.10 Å². The van der Waals surface area contributed by atoms with Crippen molar-refractivity contribution in [2.75, 3.05) is 67.8 Å². The summed E-state index contributed by atoms with van der Waals surface area (Å²) in [4.78, 5) is 30.4. The van der Waals surface area contributed by atoms with Gasteiger partial charge in [0.2, 0.25) is 0 Å². The topological polar surface area (TPSA) is 89.6 Å². The highest BCUT2D eigenvalue weighted by atomic mass is 16.5. The van der Waals surface area contributed by atoms with Crippen LogP contribution in [0.2, 0.25) is 0 Å². The van der Waals surface area contributed by atoms with Crippen LogP contribution in [0.15, 0.2) is 18.2 Å². The fraction of sp³-hybridized carbons (Fsp3) is 0.724. The summed E-state index contributed by atoms with van der Waals surface area (Å²) >= 11 is 0. The number of rotatable bonds is 16. The molecule has 2 rings (SSSR count). The third-order valence-electron chi connectivity index (χ3n) is 7.09. The summed E-state index contributed by atoms with van der Waals surface area (Å²) < 4.78 is 21.9. The maximum absolute atomic E-state index is 13.7. The van der Waals surface area contributed by atoms with Gasteiger partial charge in [-0.15, -0.1) is 0 Å². The Hall–Kier alpha value is -2.36. The quantitative estimate of drug-likeness (QED) is 0.325.